The Kier molecular flexibility index (Phi) is 6.62. The fraction of sp³-hybridized carbons (Fsp3) is 0.486. The summed E-state index contributed by atoms with van der Waals surface area (Å²) in [6.45, 7) is 2.49. The van der Waals surface area contributed by atoms with Crippen molar-refractivity contribution < 1.29 is 38.1 Å². The Balaban J connectivity index is 1.21. The molecule has 7 nitrogen and oxygen atoms in total. The number of Topliss-reactive ketones (excluding diaryl/α,β-unsaturated/α-hetero) is 1. The molecule has 0 bridgehead atoms. The molecule has 4 aliphatic carbocycles. The molecule has 5 aliphatic rings. The fourth-order valence-corrected chi connectivity index (χ4v) is 9.45. The number of carbonyl (C=O) groups excluding carboxylic acids is 2. The Morgan fingerprint density at radius 1 is 1.09 bits per heavy atom. The van der Waals surface area contributed by atoms with Crippen molar-refractivity contribution in [2.75, 3.05) is 12.3 Å². The highest BCUT2D eigenvalue weighted by molar-refractivity contribution is 6.01. The van der Waals surface area contributed by atoms with E-state index in [2.05, 4.69) is 0 Å². The van der Waals surface area contributed by atoms with E-state index in [9.17, 15) is 19.8 Å². The third-order valence-corrected chi connectivity index (χ3v) is 11.5. The van der Waals surface area contributed by atoms with Crippen molar-refractivity contribution in [3.63, 3.8) is 0 Å². The number of aliphatic hydroxyl groups is 2. The van der Waals surface area contributed by atoms with E-state index in [1.807, 2.05) is 48.5 Å². The molecule has 4 N–H and O–H groups in total. The highest BCUT2D eigenvalue weighted by Crippen LogP contribution is 2.72. The molecule has 1 aliphatic heterocycles. The maximum absolute atomic E-state index is 17.5. The molecule has 44 heavy (non-hydrogen) atoms. The van der Waals surface area contributed by atoms with Crippen LogP contribution in [0.5, 0.6) is 0 Å². The average Bonchev–Trinajstić information content (AvgIpc) is 3.49. The van der Waals surface area contributed by atoms with Gasteiger partial charge in [0.2, 0.25) is 0 Å². The molecule has 3 saturated carbocycles. The number of nitrogens with two attached hydrogens (primary N) is 1. The summed E-state index contributed by atoms with van der Waals surface area (Å²) in [6.07, 6.45) is -0.720. The number of ketones is 2. The van der Waals surface area contributed by atoms with Crippen LogP contribution in [0.25, 0.3) is 0 Å². The summed E-state index contributed by atoms with van der Waals surface area (Å²) in [7, 11) is 0. The second-order valence-corrected chi connectivity index (χ2v) is 13.6. The van der Waals surface area contributed by atoms with Crippen LogP contribution in [0.3, 0.4) is 0 Å². The monoisotopic (exact) mass is 605 g/mol. The average molecular weight is 606 g/mol. The lowest BCUT2D eigenvalue weighted by Crippen LogP contribution is -2.70. The van der Waals surface area contributed by atoms with Gasteiger partial charge in [-0.15, -0.1) is 0 Å². The van der Waals surface area contributed by atoms with Gasteiger partial charge >= 0.3 is 0 Å². The van der Waals surface area contributed by atoms with Crippen molar-refractivity contribution in [2.45, 2.75) is 75.5 Å². The van der Waals surface area contributed by atoms with E-state index in [1.165, 1.54) is 19.1 Å². The first-order valence-electron chi connectivity index (χ1n) is 15.2. The van der Waals surface area contributed by atoms with Crippen LogP contribution in [0.1, 0.15) is 56.1 Å². The van der Waals surface area contributed by atoms with Crippen LogP contribution >= 0.6 is 0 Å². The molecule has 1 unspecified atom stereocenters. The van der Waals surface area contributed by atoms with Crippen molar-refractivity contribution in [1.82, 2.24) is 0 Å². The number of alkyl halides is 2. The van der Waals surface area contributed by atoms with Crippen LogP contribution in [-0.4, -0.2) is 58.0 Å². The van der Waals surface area contributed by atoms with E-state index in [4.69, 9.17) is 15.2 Å². The minimum Gasteiger partial charge on any atom is -0.399 e. The Labute approximate surface area is 254 Å². The summed E-state index contributed by atoms with van der Waals surface area (Å²) in [4.78, 5) is 25.8. The molecule has 7 rings (SSSR count). The van der Waals surface area contributed by atoms with Crippen molar-refractivity contribution >= 4 is 17.3 Å². The third-order valence-electron chi connectivity index (χ3n) is 11.5. The largest absolute Gasteiger partial charge is 0.399 e. The lowest BCUT2D eigenvalue weighted by molar-refractivity contribution is -0.235. The number of aliphatic hydroxyl groups excluding tert-OH is 2. The van der Waals surface area contributed by atoms with Gasteiger partial charge in [-0.2, -0.15) is 0 Å². The summed E-state index contributed by atoms with van der Waals surface area (Å²) < 4.78 is 46.3. The van der Waals surface area contributed by atoms with E-state index in [1.54, 1.807) is 6.92 Å². The second kappa shape index (κ2) is 9.88. The number of allylic oxidation sites excluding steroid dienone is 4. The highest BCUT2D eigenvalue weighted by atomic mass is 19.1. The number of hydrogen-bond donors (Lipinski definition) is 3. The number of rotatable bonds is 5. The topological polar surface area (TPSA) is 119 Å². The van der Waals surface area contributed by atoms with Gasteiger partial charge in [0, 0.05) is 28.0 Å². The second-order valence-electron chi connectivity index (χ2n) is 13.6. The van der Waals surface area contributed by atoms with Gasteiger partial charge in [-0.1, -0.05) is 49.4 Å². The zero-order chi connectivity index (χ0) is 31.2. The predicted molar refractivity (Wildman–Crippen MR) is 158 cm³/mol. The third kappa shape index (κ3) is 3.79. The van der Waals surface area contributed by atoms with Crippen LogP contribution in [0.2, 0.25) is 0 Å². The highest BCUT2D eigenvalue weighted by Gasteiger charge is 2.80. The number of benzene rings is 2. The van der Waals surface area contributed by atoms with E-state index >= 15 is 8.78 Å². The normalized spacial score (nSPS) is 42.2. The molecule has 2 aromatic rings. The van der Waals surface area contributed by atoms with Crippen LogP contribution < -0.4 is 5.73 Å². The Bertz CT molecular complexity index is 1590. The molecule has 10 atom stereocenters. The van der Waals surface area contributed by atoms with E-state index in [0.29, 0.717) is 17.7 Å². The first kappa shape index (κ1) is 29.5. The Morgan fingerprint density at radius 3 is 2.55 bits per heavy atom. The number of hydrogen-bond acceptors (Lipinski definition) is 7. The molecular formula is C35H37F2NO6. The van der Waals surface area contributed by atoms with Gasteiger partial charge in [0.25, 0.3) is 0 Å². The zero-order valence-electron chi connectivity index (χ0n) is 24.7. The van der Waals surface area contributed by atoms with Gasteiger partial charge < -0.3 is 25.4 Å². The summed E-state index contributed by atoms with van der Waals surface area (Å²) in [5, 5.41) is 21.8. The predicted octanol–water partition coefficient (Wildman–Crippen LogP) is 4.50. The standard InChI is InChI=1S/C35H37F2NO6/c1-32-11-10-23(40)14-26(32)27(36)15-25-24-16-30-35(29(42)18-39,33(24,2)17-28(41)34(25,32)37)44-31(43-30)21-8-6-19(7-9-21)12-20-4-3-5-22(38)13-20/h3-11,13-14,24-25,27-28,30-31,39,41H,12,15-18,38H2,1-2H3/t24?,25-,27-,28-,30+,31-,32-,33-,34-,35+/m0/s1. The van der Waals surface area contributed by atoms with Crippen LogP contribution in [0, 0.1) is 22.7 Å². The van der Waals surface area contributed by atoms with Gasteiger partial charge in [0.1, 0.15) is 12.8 Å². The van der Waals surface area contributed by atoms with Gasteiger partial charge in [-0.25, -0.2) is 8.78 Å². The van der Waals surface area contributed by atoms with Crippen molar-refractivity contribution in [3.05, 3.63) is 89.0 Å². The summed E-state index contributed by atoms with van der Waals surface area (Å²) >= 11 is 0. The van der Waals surface area contributed by atoms with Crippen molar-refractivity contribution in [3.8, 4) is 0 Å². The number of anilines is 1. The first-order valence-corrected chi connectivity index (χ1v) is 15.2. The van der Waals surface area contributed by atoms with E-state index in [-0.39, 0.29) is 24.8 Å². The van der Waals surface area contributed by atoms with Crippen molar-refractivity contribution in [1.29, 1.82) is 0 Å². The number of ether oxygens (including phenoxy) is 2. The lowest BCUT2D eigenvalue weighted by atomic mass is 9.44. The maximum Gasteiger partial charge on any atom is 0.193 e. The van der Waals surface area contributed by atoms with Gasteiger partial charge in [-0.05, 0) is 79.5 Å². The molecule has 0 spiro atoms. The number of halogens is 2. The molecule has 0 amide bonds. The summed E-state index contributed by atoms with van der Waals surface area (Å²) in [5.41, 5.74) is 2.78. The molecule has 0 radical (unpaired) electrons. The zero-order valence-corrected chi connectivity index (χ0v) is 24.7. The molecule has 232 valence electrons. The Hall–Kier alpha value is -3.24. The first-order chi connectivity index (χ1) is 20.9. The minimum atomic E-state index is -2.29. The molecule has 4 fully saturated rings. The minimum absolute atomic E-state index is 0.0393. The van der Waals surface area contributed by atoms with Crippen LogP contribution in [0.4, 0.5) is 14.5 Å². The quantitative estimate of drug-likeness (QED) is 0.430. The number of nitrogen functional groups attached to an aromatic ring is 1. The molecule has 9 heteroatoms. The molecular weight excluding hydrogens is 568 g/mol. The SMILES string of the molecule is C[C@]12C=CC(=O)C=C1[C@@H](F)C[C@H]1C3C[C@H]4O[C@H](c5ccc(Cc6cccc(N)c6)cc5)O[C@@]4(C(=O)CO)[C@@]3(C)C[C@H](O)[C@@]12F. The van der Waals surface area contributed by atoms with Crippen LogP contribution in [0.15, 0.2) is 72.3 Å². The Morgan fingerprint density at radius 2 is 1.84 bits per heavy atom. The summed E-state index contributed by atoms with van der Waals surface area (Å²) in [6, 6.07) is 15.3. The number of carbonyl (C=O) groups is 2. The fourth-order valence-electron chi connectivity index (χ4n) is 9.45. The van der Waals surface area contributed by atoms with Crippen LogP contribution in [-0.2, 0) is 25.5 Å². The molecule has 2 aromatic carbocycles. The molecule has 0 aromatic heterocycles. The van der Waals surface area contributed by atoms with Gasteiger partial charge in [0.05, 0.1) is 12.2 Å². The number of fused-ring (bicyclic) bond motifs is 7. The van der Waals surface area contributed by atoms with Crippen molar-refractivity contribution in [2.24, 2.45) is 22.7 Å². The van der Waals surface area contributed by atoms with Gasteiger partial charge in [0.15, 0.2) is 29.1 Å². The molecule has 1 saturated heterocycles. The maximum atomic E-state index is 17.5. The summed E-state index contributed by atoms with van der Waals surface area (Å²) in [5.74, 6) is -2.60. The lowest BCUT2D eigenvalue weighted by Gasteiger charge is -2.63. The molecule has 1 heterocycles. The van der Waals surface area contributed by atoms with E-state index in [0.717, 1.165) is 17.2 Å². The smallest absolute Gasteiger partial charge is 0.193 e. The van der Waals surface area contributed by atoms with Gasteiger partial charge in [-0.3, -0.25) is 9.59 Å². The van der Waals surface area contributed by atoms with E-state index < -0.39 is 76.8 Å².